The zero-order valence-corrected chi connectivity index (χ0v) is 11.5. The number of hydrogen-bond acceptors (Lipinski definition) is 1. The van der Waals surface area contributed by atoms with E-state index in [9.17, 15) is 4.39 Å². The topological polar surface area (TPSA) is 20.7 Å². The lowest BCUT2D eigenvalue weighted by molar-refractivity contribution is 0.413. The molecule has 1 fully saturated rings. The lowest BCUT2D eigenvalue weighted by Crippen LogP contribution is -2.11. The van der Waals surface area contributed by atoms with Crippen LogP contribution in [0.2, 0.25) is 0 Å². The smallest absolute Gasteiger partial charge is 0.178 e. The summed E-state index contributed by atoms with van der Waals surface area (Å²) in [7, 11) is 0. The van der Waals surface area contributed by atoms with Gasteiger partial charge >= 0.3 is 0 Å². The highest BCUT2D eigenvalue weighted by atomic mass is 32.1. The largest absolute Gasteiger partial charge is 0.330 e. The molecule has 2 unspecified atom stereocenters. The van der Waals surface area contributed by atoms with Gasteiger partial charge < -0.3 is 9.55 Å². The Hall–Kier alpha value is -1.16. The molecule has 1 aliphatic rings. The van der Waals surface area contributed by atoms with E-state index in [0.29, 0.717) is 22.3 Å². The molecular weight excluding hydrogens is 247 g/mol. The molecule has 2 atom stereocenters. The van der Waals surface area contributed by atoms with Crippen molar-refractivity contribution in [2.24, 2.45) is 5.92 Å². The molecule has 3 rings (SSSR count). The lowest BCUT2D eigenvalue weighted by Gasteiger charge is -2.18. The van der Waals surface area contributed by atoms with E-state index in [1.807, 2.05) is 6.07 Å². The van der Waals surface area contributed by atoms with Crippen LogP contribution in [0.5, 0.6) is 0 Å². The number of fused-ring (bicyclic) bond motifs is 1. The lowest BCUT2D eigenvalue weighted by atomic mass is 10.1. The second-order valence-electron chi connectivity index (χ2n) is 5.39. The van der Waals surface area contributed by atoms with Crippen LogP contribution >= 0.6 is 12.2 Å². The highest BCUT2D eigenvalue weighted by Gasteiger charge is 2.27. The fraction of sp³-hybridized carbons (Fsp3) is 0.500. The van der Waals surface area contributed by atoms with Gasteiger partial charge in [-0.05, 0) is 55.6 Å². The molecule has 1 saturated carbocycles. The van der Waals surface area contributed by atoms with E-state index in [1.54, 1.807) is 13.0 Å². The number of halogens is 1. The Labute approximate surface area is 111 Å². The maximum absolute atomic E-state index is 13.6. The first-order valence-corrected chi connectivity index (χ1v) is 6.89. The second-order valence-corrected chi connectivity index (χ2v) is 5.78. The van der Waals surface area contributed by atoms with Crippen molar-refractivity contribution in [2.75, 3.05) is 0 Å². The van der Waals surface area contributed by atoms with Crippen molar-refractivity contribution in [3.05, 3.63) is 28.3 Å². The van der Waals surface area contributed by atoms with Gasteiger partial charge in [0.2, 0.25) is 0 Å². The van der Waals surface area contributed by atoms with Gasteiger partial charge in [-0.25, -0.2) is 4.39 Å². The van der Waals surface area contributed by atoms with Gasteiger partial charge in [0.1, 0.15) is 5.82 Å². The molecule has 1 aromatic carbocycles. The molecule has 0 saturated heterocycles. The Kier molecular flexibility index (Phi) is 2.77. The first kappa shape index (κ1) is 11.9. The summed E-state index contributed by atoms with van der Waals surface area (Å²) in [5.74, 6) is 0.464. The van der Waals surface area contributed by atoms with E-state index in [1.165, 1.54) is 19.3 Å². The van der Waals surface area contributed by atoms with Crippen LogP contribution in [0.4, 0.5) is 4.39 Å². The number of aryl methyl sites for hydroxylation is 1. The van der Waals surface area contributed by atoms with E-state index in [4.69, 9.17) is 12.2 Å². The minimum atomic E-state index is -0.176. The summed E-state index contributed by atoms with van der Waals surface area (Å²) in [5, 5.41) is 0. The van der Waals surface area contributed by atoms with Crippen LogP contribution in [0.3, 0.4) is 0 Å². The molecule has 1 aromatic heterocycles. The zero-order valence-electron chi connectivity index (χ0n) is 10.7. The number of imidazole rings is 1. The van der Waals surface area contributed by atoms with Crippen molar-refractivity contribution in [2.45, 2.75) is 39.2 Å². The van der Waals surface area contributed by atoms with Crippen LogP contribution in [-0.4, -0.2) is 9.55 Å². The van der Waals surface area contributed by atoms with Crippen LogP contribution in [0, 0.1) is 23.4 Å². The monoisotopic (exact) mass is 264 g/mol. The standard InChI is InChI=1S/C14H17FN2S/c1-8-4-3-5-12(8)17-13-6-9(2)10(15)7-11(13)16-14(17)18/h6-8,12H,3-5H2,1-2H3,(H,16,18). The van der Waals surface area contributed by atoms with Crippen LogP contribution in [0.25, 0.3) is 11.0 Å². The molecule has 1 heterocycles. The van der Waals surface area contributed by atoms with E-state index < -0.39 is 0 Å². The molecule has 0 aliphatic heterocycles. The molecule has 96 valence electrons. The molecule has 0 spiro atoms. The number of nitrogens with one attached hydrogen (secondary N) is 1. The molecule has 2 nitrogen and oxygen atoms in total. The molecule has 0 bridgehead atoms. The van der Waals surface area contributed by atoms with Crippen molar-refractivity contribution < 1.29 is 4.39 Å². The van der Waals surface area contributed by atoms with Gasteiger partial charge in [0.25, 0.3) is 0 Å². The van der Waals surface area contributed by atoms with Gasteiger partial charge in [-0.3, -0.25) is 0 Å². The highest BCUT2D eigenvalue weighted by molar-refractivity contribution is 7.71. The normalized spacial score (nSPS) is 23.9. The molecule has 0 amide bonds. The van der Waals surface area contributed by atoms with Gasteiger partial charge in [-0.2, -0.15) is 0 Å². The summed E-state index contributed by atoms with van der Waals surface area (Å²) in [5.41, 5.74) is 2.52. The SMILES string of the molecule is Cc1cc2c(cc1F)[nH]c(=S)n2C1CCCC1C. The van der Waals surface area contributed by atoms with Crippen molar-refractivity contribution in [3.63, 3.8) is 0 Å². The minimum absolute atomic E-state index is 0.176. The molecule has 1 N–H and O–H groups in total. The molecule has 4 heteroatoms. The van der Waals surface area contributed by atoms with Gasteiger partial charge in [0, 0.05) is 6.04 Å². The molecule has 0 radical (unpaired) electrons. The maximum Gasteiger partial charge on any atom is 0.178 e. The number of rotatable bonds is 1. The van der Waals surface area contributed by atoms with Crippen molar-refractivity contribution in [1.82, 2.24) is 9.55 Å². The third-order valence-electron chi connectivity index (χ3n) is 4.14. The average molecular weight is 264 g/mol. The van der Waals surface area contributed by atoms with Crippen molar-refractivity contribution >= 4 is 23.3 Å². The fourth-order valence-corrected chi connectivity index (χ4v) is 3.43. The summed E-state index contributed by atoms with van der Waals surface area (Å²) in [6, 6.07) is 3.91. The Morgan fingerprint density at radius 2 is 2.17 bits per heavy atom. The van der Waals surface area contributed by atoms with Gasteiger partial charge in [-0.15, -0.1) is 0 Å². The summed E-state index contributed by atoms with van der Waals surface area (Å²) in [6.07, 6.45) is 3.67. The predicted molar refractivity (Wildman–Crippen MR) is 73.9 cm³/mol. The third-order valence-corrected chi connectivity index (χ3v) is 4.44. The average Bonchev–Trinajstić information content (AvgIpc) is 2.83. The Morgan fingerprint density at radius 3 is 2.83 bits per heavy atom. The molecule has 2 aromatic rings. The van der Waals surface area contributed by atoms with Gasteiger partial charge in [0.15, 0.2) is 4.77 Å². The number of nitrogens with zero attached hydrogens (tertiary/aromatic N) is 1. The molecular formula is C14H17FN2S. The van der Waals surface area contributed by atoms with Crippen LogP contribution in [-0.2, 0) is 0 Å². The quantitative estimate of drug-likeness (QED) is 0.752. The van der Waals surface area contributed by atoms with Crippen LogP contribution < -0.4 is 0 Å². The molecule has 18 heavy (non-hydrogen) atoms. The summed E-state index contributed by atoms with van der Waals surface area (Å²) in [4.78, 5) is 3.13. The van der Waals surface area contributed by atoms with Crippen molar-refractivity contribution in [3.8, 4) is 0 Å². The number of hydrogen-bond donors (Lipinski definition) is 1. The minimum Gasteiger partial charge on any atom is -0.330 e. The third kappa shape index (κ3) is 1.70. The van der Waals surface area contributed by atoms with E-state index in [2.05, 4.69) is 16.5 Å². The number of H-pyrrole nitrogens is 1. The number of benzene rings is 1. The highest BCUT2D eigenvalue weighted by Crippen LogP contribution is 2.37. The zero-order chi connectivity index (χ0) is 12.9. The maximum atomic E-state index is 13.6. The Bertz CT molecular complexity index is 656. The Morgan fingerprint density at radius 1 is 1.39 bits per heavy atom. The number of aromatic nitrogens is 2. The Balaban J connectivity index is 2.25. The fourth-order valence-electron chi connectivity index (χ4n) is 3.09. The number of aromatic amines is 1. The van der Waals surface area contributed by atoms with Gasteiger partial charge in [0.05, 0.1) is 11.0 Å². The van der Waals surface area contributed by atoms with E-state index in [0.717, 1.165) is 11.0 Å². The first-order valence-electron chi connectivity index (χ1n) is 6.48. The van der Waals surface area contributed by atoms with Crippen LogP contribution in [0.1, 0.15) is 37.8 Å². The second kappa shape index (κ2) is 4.19. The molecule has 1 aliphatic carbocycles. The summed E-state index contributed by atoms with van der Waals surface area (Å²) < 4.78 is 16.5. The van der Waals surface area contributed by atoms with Gasteiger partial charge in [-0.1, -0.05) is 13.3 Å². The first-order chi connectivity index (χ1) is 8.58. The predicted octanol–water partition coefficient (Wildman–Crippen LogP) is 4.51. The van der Waals surface area contributed by atoms with E-state index >= 15 is 0 Å². The summed E-state index contributed by atoms with van der Waals surface area (Å²) in [6.45, 7) is 4.07. The summed E-state index contributed by atoms with van der Waals surface area (Å²) >= 11 is 5.41. The van der Waals surface area contributed by atoms with Crippen molar-refractivity contribution in [1.29, 1.82) is 0 Å². The van der Waals surface area contributed by atoms with Crippen LogP contribution in [0.15, 0.2) is 12.1 Å². The van der Waals surface area contributed by atoms with E-state index in [-0.39, 0.29) is 5.82 Å².